The third-order valence-electron chi connectivity index (χ3n) is 3.97. The first-order valence-corrected chi connectivity index (χ1v) is 7.91. The van der Waals surface area contributed by atoms with Gasteiger partial charge in [0.2, 0.25) is 0 Å². The summed E-state index contributed by atoms with van der Waals surface area (Å²) in [7, 11) is 0. The van der Waals surface area contributed by atoms with Crippen LogP contribution in [-0.4, -0.2) is 23.1 Å². The summed E-state index contributed by atoms with van der Waals surface area (Å²) in [6.07, 6.45) is 8.97. The molecule has 2 aromatic rings. The van der Waals surface area contributed by atoms with Gasteiger partial charge in [-0.05, 0) is 44.1 Å². The van der Waals surface area contributed by atoms with Gasteiger partial charge in [0.25, 0.3) is 0 Å². The molecule has 1 saturated heterocycles. The van der Waals surface area contributed by atoms with E-state index in [1.165, 1.54) is 47.9 Å². The van der Waals surface area contributed by atoms with Crippen molar-refractivity contribution in [2.24, 2.45) is 0 Å². The molecule has 0 saturated carbocycles. The SMILES string of the molecule is c1nc(N2CCCCO2)c2c3c(sc2n1)CCCC3. The monoisotopic (exact) mass is 275 g/mol. The molecule has 4 nitrogen and oxygen atoms in total. The number of hydroxylamine groups is 1. The van der Waals surface area contributed by atoms with E-state index in [2.05, 4.69) is 9.97 Å². The molecule has 3 heterocycles. The van der Waals surface area contributed by atoms with Crippen LogP contribution in [0.15, 0.2) is 6.33 Å². The van der Waals surface area contributed by atoms with Gasteiger partial charge in [0.15, 0.2) is 5.82 Å². The molecule has 0 aromatic carbocycles. The highest BCUT2D eigenvalue weighted by Gasteiger charge is 2.23. The Morgan fingerprint density at radius 3 is 2.95 bits per heavy atom. The third-order valence-corrected chi connectivity index (χ3v) is 5.17. The average Bonchev–Trinajstić information content (AvgIpc) is 2.86. The molecule has 0 bridgehead atoms. The van der Waals surface area contributed by atoms with E-state index >= 15 is 0 Å². The molecule has 1 aliphatic carbocycles. The van der Waals surface area contributed by atoms with Crippen LogP contribution in [0.5, 0.6) is 0 Å². The molecule has 2 aromatic heterocycles. The summed E-state index contributed by atoms with van der Waals surface area (Å²) in [6.45, 7) is 1.74. The Labute approximate surface area is 116 Å². The molecular formula is C14H17N3OS. The predicted molar refractivity (Wildman–Crippen MR) is 76.6 cm³/mol. The summed E-state index contributed by atoms with van der Waals surface area (Å²) >= 11 is 1.84. The Morgan fingerprint density at radius 1 is 1.11 bits per heavy atom. The van der Waals surface area contributed by atoms with E-state index in [1.807, 2.05) is 16.4 Å². The van der Waals surface area contributed by atoms with Crippen molar-refractivity contribution in [1.82, 2.24) is 9.97 Å². The average molecular weight is 275 g/mol. The van der Waals surface area contributed by atoms with Gasteiger partial charge in [-0.15, -0.1) is 11.3 Å². The molecule has 0 unspecified atom stereocenters. The van der Waals surface area contributed by atoms with Gasteiger partial charge >= 0.3 is 0 Å². The summed E-state index contributed by atoms with van der Waals surface area (Å²) in [5.74, 6) is 0.990. The second-order valence-corrected chi connectivity index (χ2v) is 6.31. The normalized spacial score (nSPS) is 19.7. The fourth-order valence-electron chi connectivity index (χ4n) is 3.03. The Bertz CT molecular complexity index is 604. The lowest BCUT2D eigenvalue weighted by molar-refractivity contribution is 0.0767. The summed E-state index contributed by atoms with van der Waals surface area (Å²) in [4.78, 5) is 17.4. The maximum absolute atomic E-state index is 5.78. The zero-order valence-corrected chi connectivity index (χ0v) is 11.7. The molecular weight excluding hydrogens is 258 g/mol. The number of anilines is 1. The Morgan fingerprint density at radius 2 is 2.05 bits per heavy atom. The highest BCUT2D eigenvalue weighted by molar-refractivity contribution is 7.19. The van der Waals surface area contributed by atoms with Gasteiger partial charge in [-0.1, -0.05) is 0 Å². The van der Waals surface area contributed by atoms with Crippen molar-refractivity contribution in [1.29, 1.82) is 0 Å². The quantitative estimate of drug-likeness (QED) is 0.801. The van der Waals surface area contributed by atoms with E-state index < -0.39 is 0 Å². The number of rotatable bonds is 1. The highest BCUT2D eigenvalue weighted by atomic mass is 32.1. The molecule has 19 heavy (non-hydrogen) atoms. The Kier molecular flexibility index (Phi) is 2.89. The van der Waals surface area contributed by atoms with Crippen LogP contribution >= 0.6 is 11.3 Å². The Balaban J connectivity index is 1.87. The number of thiophene rings is 1. The lowest BCUT2D eigenvalue weighted by Crippen LogP contribution is -2.30. The summed E-state index contributed by atoms with van der Waals surface area (Å²) in [6, 6.07) is 0. The minimum atomic E-state index is 0.803. The van der Waals surface area contributed by atoms with Crippen molar-refractivity contribution in [3.63, 3.8) is 0 Å². The number of fused-ring (bicyclic) bond motifs is 3. The standard InChI is InChI=1S/C14H17N3OS/c1-2-6-11-10(5-1)12-13(15-9-16-14(12)19-11)17-7-3-4-8-18-17/h9H,1-8H2. The van der Waals surface area contributed by atoms with Crippen LogP contribution in [0.25, 0.3) is 10.2 Å². The van der Waals surface area contributed by atoms with Crippen LogP contribution in [0.2, 0.25) is 0 Å². The van der Waals surface area contributed by atoms with E-state index in [9.17, 15) is 0 Å². The molecule has 0 N–H and O–H groups in total. The van der Waals surface area contributed by atoms with Gasteiger partial charge in [0.05, 0.1) is 12.0 Å². The molecule has 1 aliphatic heterocycles. The number of nitrogens with zero attached hydrogens (tertiary/aromatic N) is 3. The van der Waals surface area contributed by atoms with E-state index in [4.69, 9.17) is 4.84 Å². The summed E-state index contributed by atoms with van der Waals surface area (Å²) < 4.78 is 0. The maximum atomic E-state index is 5.78. The van der Waals surface area contributed by atoms with Crippen LogP contribution in [0, 0.1) is 0 Å². The fraction of sp³-hybridized carbons (Fsp3) is 0.571. The summed E-state index contributed by atoms with van der Waals surface area (Å²) in [5.41, 5.74) is 1.48. The van der Waals surface area contributed by atoms with Gasteiger partial charge in [-0.2, -0.15) is 0 Å². The number of hydrogen-bond acceptors (Lipinski definition) is 5. The highest BCUT2D eigenvalue weighted by Crippen LogP contribution is 2.39. The van der Waals surface area contributed by atoms with Crippen LogP contribution in [0.4, 0.5) is 5.82 Å². The molecule has 0 radical (unpaired) electrons. The van der Waals surface area contributed by atoms with Crippen molar-refractivity contribution in [2.45, 2.75) is 38.5 Å². The molecule has 0 amide bonds. The smallest absolute Gasteiger partial charge is 0.164 e. The van der Waals surface area contributed by atoms with Crippen molar-refractivity contribution < 1.29 is 4.84 Å². The van der Waals surface area contributed by atoms with E-state index in [0.29, 0.717) is 0 Å². The van der Waals surface area contributed by atoms with Crippen molar-refractivity contribution in [3.8, 4) is 0 Å². The van der Waals surface area contributed by atoms with Crippen molar-refractivity contribution in [2.75, 3.05) is 18.2 Å². The predicted octanol–water partition coefficient (Wildman–Crippen LogP) is 3.10. The van der Waals surface area contributed by atoms with Crippen LogP contribution in [0.3, 0.4) is 0 Å². The van der Waals surface area contributed by atoms with Crippen molar-refractivity contribution in [3.05, 3.63) is 16.8 Å². The van der Waals surface area contributed by atoms with Gasteiger partial charge < -0.3 is 0 Å². The minimum absolute atomic E-state index is 0.803. The molecule has 0 spiro atoms. The first-order chi connectivity index (χ1) is 9.43. The van der Waals surface area contributed by atoms with Crippen LogP contribution in [-0.2, 0) is 17.7 Å². The zero-order chi connectivity index (χ0) is 12.7. The van der Waals surface area contributed by atoms with Gasteiger partial charge in [0.1, 0.15) is 11.2 Å². The lowest BCUT2D eigenvalue weighted by Gasteiger charge is -2.27. The molecule has 5 heteroatoms. The topological polar surface area (TPSA) is 38.2 Å². The van der Waals surface area contributed by atoms with E-state index in [0.717, 1.165) is 30.2 Å². The molecule has 1 fully saturated rings. The van der Waals surface area contributed by atoms with Crippen LogP contribution < -0.4 is 5.06 Å². The number of aryl methyl sites for hydroxylation is 2. The van der Waals surface area contributed by atoms with Crippen molar-refractivity contribution >= 4 is 27.4 Å². The minimum Gasteiger partial charge on any atom is -0.272 e. The number of hydrogen-bond donors (Lipinski definition) is 0. The van der Waals surface area contributed by atoms with Gasteiger partial charge in [0, 0.05) is 11.4 Å². The second kappa shape index (κ2) is 4.72. The Hall–Kier alpha value is -1.20. The third kappa shape index (κ3) is 1.92. The lowest BCUT2D eigenvalue weighted by atomic mass is 9.97. The molecule has 100 valence electrons. The summed E-state index contributed by atoms with van der Waals surface area (Å²) in [5, 5.41) is 3.24. The first kappa shape index (κ1) is 11.6. The first-order valence-electron chi connectivity index (χ1n) is 7.09. The van der Waals surface area contributed by atoms with E-state index in [-0.39, 0.29) is 0 Å². The maximum Gasteiger partial charge on any atom is 0.164 e. The number of aromatic nitrogens is 2. The molecule has 0 atom stereocenters. The van der Waals surface area contributed by atoms with Gasteiger partial charge in [-0.3, -0.25) is 4.84 Å². The van der Waals surface area contributed by atoms with E-state index in [1.54, 1.807) is 6.33 Å². The molecule has 4 rings (SSSR count). The molecule has 2 aliphatic rings. The van der Waals surface area contributed by atoms with Crippen LogP contribution in [0.1, 0.15) is 36.1 Å². The fourth-order valence-corrected chi connectivity index (χ4v) is 4.25. The van der Waals surface area contributed by atoms with Gasteiger partial charge in [-0.25, -0.2) is 15.0 Å². The second-order valence-electron chi connectivity index (χ2n) is 5.23. The zero-order valence-electron chi connectivity index (χ0n) is 10.9. The largest absolute Gasteiger partial charge is 0.272 e.